The molecule has 1 saturated heterocycles. The van der Waals surface area contributed by atoms with Crippen LogP contribution in [0, 0.1) is 0 Å². The first kappa shape index (κ1) is 17.3. The molecule has 0 aromatic rings. The van der Waals surface area contributed by atoms with Gasteiger partial charge in [-0.3, -0.25) is 4.79 Å². The van der Waals surface area contributed by atoms with Crippen molar-refractivity contribution in [3.8, 4) is 0 Å². The minimum absolute atomic E-state index is 0.0998. The van der Waals surface area contributed by atoms with Crippen LogP contribution in [0.4, 0.5) is 4.79 Å². The van der Waals surface area contributed by atoms with Crippen LogP contribution in [0.1, 0.15) is 52.4 Å². The number of nitrogens with one attached hydrogen (secondary N) is 1. The Hall–Kier alpha value is -1.79. The summed E-state index contributed by atoms with van der Waals surface area (Å²) >= 11 is 0. The third kappa shape index (κ3) is 4.91. The van der Waals surface area contributed by atoms with Crippen LogP contribution in [0.5, 0.6) is 0 Å². The molecule has 0 aliphatic carbocycles. The monoisotopic (exact) mass is 300 g/mol. The maximum atomic E-state index is 12.3. The molecule has 7 heteroatoms. The van der Waals surface area contributed by atoms with Crippen molar-refractivity contribution < 1.29 is 24.6 Å². The molecule has 0 spiro atoms. The van der Waals surface area contributed by atoms with Gasteiger partial charge in [-0.2, -0.15) is 0 Å². The van der Waals surface area contributed by atoms with Crippen LogP contribution >= 0.6 is 0 Å². The van der Waals surface area contributed by atoms with Crippen LogP contribution in [0.15, 0.2) is 0 Å². The molecule has 1 rings (SSSR count). The number of urea groups is 1. The molecule has 0 radical (unpaired) electrons. The second-order valence-electron chi connectivity index (χ2n) is 5.52. The van der Waals surface area contributed by atoms with Crippen molar-refractivity contribution in [2.24, 2.45) is 0 Å². The van der Waals surface area contributed by atoms with Crippen molar-refractivity contribution in [2.45, 2.75) is 70.5 Å². The molecule has 1 heterocycles. The normalized spacial score (nSPS) is 22.9. The van der Waals surface area contributed by atoms with E-state index in [1.807, 2.05) is 13.8 Å². The molecule has 2 amide bonds. The van der Waals surface area contributed by atoms with Crippen molar-refractivity contribution in [1.29, 1.82) is 0 Å². The summed E-state index contributed by atoms with van der Waals surface area (Å²) in [6.07, 6.45) is 2.93. The molecule has 2 unspecified atom stereocenters. The van der Waals surface area contributed by atoms with E-state index >= 15 is 0 Å². The van der Waals surface area contributed by atoms with E-state index in [1.54, 1.807) is 4.90 Å². The van der Waals surface area contributed by atoms with E-state index in [9.17, 15) is 14.4 Å². The molecule has 3 atom stereocenters. The first-order valence-electron chi connectivity index (χ1n) is 7.40. The Morgan fingerprint density at radius 2 is 1.95 bits per heavy atom. The Bertz CT molecular complexity index is 399. The van der Waals surface area contributed by atoms with Crippen LogP contribution in [0.2, 0.25) is 0 Å². The summed E-state index contributed by atoms with van der Waals surface area (Å²) in [6.45, 7) is 3.96. The molecule has 3 N–H and O–H groups in total. The molecule has 0 saturated carbocycles. The standard InChI is InChI=1S/C14H24N2O5/c1-3-10-8-7-9(2)16(10)14(21)15-11(13(19)20)5-4-6-12(17)18/h9-11H,3-8H2,1-2H3,(H,15,21)(H,17,18)(H,19,20)/t9?,10?,11-/m1/s1. The molecular formula is C14H24N2O5. The Kier molecular flexibility index (Phi) is 6.45. The number of hydrogen-bond acceptors (Lipinski definition) is 3. The molecule has 1 aliphatic rings. The van der Waals surface area contributed by atoms with Gasteiger partial charge in [-0.1, -0.05) is 6.92 Å². The van der Waals surface area contributed by atoms with E-state index in [4.69, 9.17) is 10.2 Å². The first-order chi connectivity index (χ1) is 9.86. The van der Waals surface area contributed by atoms with Crippen molar-refractivity contribution in [2.75, 3.05) is 0 Å². The summed E-state index contributed by atoms with van der Waals surface area (Å²) in [5.74, 6) is -2.10. The van der Waals surface area contributed by atoms with Gasteiger partial charge in [0.15, 0.2) is 0 Å². The van der Waals surface area contributed by atoms with Gasteiger partial charge >= 0.3 is 18.0 Å². The maximum Gasteiger partial charge on any atom is 0.326 e. The van der Waals surface area contributed by atoms with E-state index in [0.717, 1.165) is 19.3 Å². The van der Waals surface area contributed by atoms with Crippen LogP contribution in [0.3, 0.4) is 0 Å². The molecule has 1 aliphatic heterocycles. The van der Waals surface area contributed by atoms with Gasteiger partial charge in [0.05, 0.1) is 0 Å². The zero-order chi connectivity index (χ0) is 16.0. The molecule has 0 aromatic carbocycles. The second kappa shape index (κ2) is 7.85. The number of rotatable bonds is 7. The van der Waals surface area contributed by atoms with Crippen LogP contribution in [-0.4, -0.2) is 51.2 Å². The highest BCUT2D eigenvalue weighted by Crippen LogP contribution is 2.26. The lowest BCUT2D eigenvalue weighted by Crippen LogP contribution is -2.51. The topological polar surface area (TPSA) is 107 Å². The zero-order valence-corrected chi connectivity index (χ0v) is 12.5. The number of amides is 2. The summed E-state index contributed by atoms with van der Waals surface area (Å²) in [4.78, 5) is 35.6. The van der Waals surface area contributed by atoms with Crippen molar-refractivity contribution in [3.05, 3.63) is 0 Å². The average molecular weight is 300 g/mol. The van der Waals surface area contributed by atoms with Gasteiger partial charge in [0.25, 0.3) is 0 Å². The molecule has 120 valence electrons. The predicted molar refractivity (Wildman–Crippen MR) is 76.1 cm³/mol. The van der Waals surface area contributed by atoms with Gasteiger partial charge in [0.1, 0.15) is 6.04 Å². The molecule has 0 aromatic heterocycles. The third-order valence-electron chi connectivity index (χ3n) is 3.97. The smallest absolute Gasteiger partial charge is 0.326 e. The van der Waals surface area contributed by atoms with Gasteiger partial charge in [0, 0.05) is 18.5 Å². The van der Waals surface area contributed by atoms with E-state index in [-0.39, 0.29) is 37.4 Å². The Labute approximate surface area is 124 Å². The predicted octanol–water partition coefficient (Wildman–Crippen LogP) is 1.67. The minimum atomic E-state index is -1.13. The Morgan fingerprint density at radius 3 is 2.48 bits per heavy atom. The molecule has 7 nitrogen and oxygen atoms in total. The van der Waals surface area contributed by atoms with Crippen molar-refractivity contribution in [3.63, 3.8) is 0 Å². The highest BCUT2D eigenvalue weighted by Gasteiger charge is 2.34. The van der Waals surface area contributed by atoms with Gasteiger partial charge in [-0.25, -0.2) is 9.59 Å². The Morgan fingerprint density at radius 1 is 1.29 bits per heavy atom. The van der Waals surface area contributed by atoms with E-state index in [1.165, 1.54) is 0 Å². The third-order valence-corrected chi connectivity index (χ3v) is 3.97. The van der Waals surface area contributed by atoms with E-state index < -0.39 is 18.0 Å². The molecule has 0 bridgehead atoms. The van der Waals surface area contributed by atoms with Crippen LogP contribution in [-0.2, 0) is 9.59 Å². The molecular weight excluding hydrogens is 276 g/mol. The fourth-order valence-corrected chi connectivity index (χ4v) is 2.78. The van der Waals surface area contributed by atoms with Crippen LogP contribution in [0.25, 0.3) is 0 Å². The van der Waals surface area contributed by atoms with Crippen molar-refractivity contribution in [1.82, 2.24) is 10.2 Å². The number of carbonyl (C=O) groups is 3. The summed E-state index contributed by atoms with van der Waals surface area (Å²) in [7, 11) is 0. The fraction of sp³-hybridized carbons (Fsp3) is 0.786. The number of nitrogens with zero attached hydrogens (tertiary/aromatic N) is 1. The highest BCUT2D eigenvalue weighted by molar-refractivity contribution is 5.83. The van der Waals surface area contributed by atoms with Gasteiger partial charge < -0.3 is 20.4 Å². The summed E-state index contributed by atoms with van der Waals surface area (Å²) in [5.41, 5.74) is 0. The second-order valence-corrected chi connectivity index (χ2v) is 5.52. The number of carboxylic acids is 2. The van der Waals surface area contributed by atoms with E-state index in [2.05, 4.69) is 5.32 Å². The van der Waals surface area contributed by atoms with Crippen molar-refractivity contribution >= 4 is 18.0 Å². The van der Waals surface area contributed by atoms with E-state index in [0.29, 0.717) is 0 Å². The minimum Gasteiger partial charge on any atom is -0.481 e. The van der Waals surface area contributed by atoms with Gasteiger partial charge in [-0.15, -0.1) is 0 Å². The lowest BCUT2D eigenvalue weighted by molar-refractivity contribution is -0.140. The molecule has 1 fully saturated rings. The molecule has 21 heavy (non-hydrogen) atoms. The fourth-order valence-electron chi connectivity index (χ4n) is 2.78. The summed E-state index contributed by atoms with van der Waals surface area (Å²) in [6, 6.07) is -1.16. The number of aliphatic carboxylic acids is 2. The van der Waals surface area contributed by atoms with Crippen LogP contribution < -0.4 is 5.32 Å². The quantitative estimate of drug-likeness (QED) is 0.663. The lowest BCUT2D eigenvalue weighted by Gasteiger charge is -2.29. The Balaban J connectivity index is 2.59. The summed E-state index contributed by atoms with van der Waals surface area (Å²) < 4.78 is 0. The maximum absolute atomic E-state index is 12.3. The SMILES string of the molecule is CCC1CCC(C)N1C(=O)N[C@H](CCCC(=O)O)C(=O)O. The summed E-state index contributed by atoms with van der Waals surface area (Å²) in [5, 5.41) is 20.2. The number of likely N-dealkylation sites (tertiary alicyclic amines) is 1. The average Bonchev–Trinajstić information content (AvgIpc) is 2.78. The zero-order valence-electron chi connectivity index (χ0n) is 12.5. The van der Waals surface area contributed by atoms with Gasteiger partial charge in [-0.05, 0) is 39.0 Å². The van der Waals surface area contributed by atoms with Gasteiger partial charge in [0.2, 0.25) is 0 Å². The number of carbonyl (C=O) groups excluding carboxylic acids is 1. The largest absolute Gasteiger partial charge is 0.481 e. The first-order valence-corrected chi connectivity index (χ1v) is 7.40. The highest BCUT2D eigenvalue weighted by atomic mass is 16.4. The lowest BCUT2D eigenvalue weighted by atomic mass is 10.1. The number of hydrogen-bond donors (Lipinski definition) is 3. The number of carboxylic acid groups (broad SMARTS) is 2.